The number of imidazole rings is 1. The van der Waals surface area contributed by atoms with Crippen LogP contribution in [0.1, 0.15) is 40.3 Å². The number of anilines is 1. The van der Waals surface area contributed by atoms with Gasteiger partial charge in [-0.3, -0.25) is 24.5 Å². The van der Waals surface area contributed by atoms with Crippen molar-refractivity contribution in [1.82, 2.24) is 19.5 Å². The number of hydrogen-bond donors (Lipinski definition) is 3. The number of ether oxygens (including phenoxy) is 1. The van der Waals surface area contributed by atoms with Crippen LogP contribution in [0.2, 0.25) is 0 Å². The van der Waals surface area contributed by atoms with Crippen LogP contribution in [0.4, 0.5) is 5.95 Å². The molecule has 3 rings (SSSR count). The van der Waals surface area contributed by atoms with E-state index in [0.29, 0.717) is 6.42 Å². The summed E-state index contributed by atoms with van der Waals surface area (Å²) in [5, 5.41) is 13.2. The van der Waals surface area contributed by atoms with Gasteiger partial charge < -0.3 is 9.84 Å². The number of aliphatic hydroxyl groups is 1. The van der Waals surface area contributed by atoms with E-state index in [1.165, 1.54) is 10.9 Å². The van der Waals surface area contributed by atoms with Gasteiger partial charge in [-0.05, 0) is 6.42 Å². The summed E-state index contributed by atoms with van der Waals surface area (Å²) in [5.74, 6) is 1.79. The number of H-pyrrole nitrogens is 1. The van der Waals surface area contributed by atoms with Gasteiger partial charge in [0, 0.05) is 11.8 Å². The van der Waals surface area contributed by atoms with Crippen molar-refractivity contribution < 1.29 is 14.6 Å². The van der Waals surface area contributed by atoms with E-state index in [0.717, 1.165) is 0 Å². The largest absolute Gasteiger partial charge is 0.388 e. The summed E-state index contributed by atoms with van der Waals surface area (Å²) in [6.45, 7) is 7.16. The van der Waals surface area contributed by atoms with Crippen LogP contribution in [0.15, 0.2) is 11.1 Å². The van der Waals surface area contributed by atoms with Crippen LogP contribution >= 0.6 is 0 Å². The number of carbonyl (C=O) groups excluding carboxylic acids is 1. The van der Waals surface area contributed by atoms with Gasteiger partial charge in [-0.25, -0.2) is 4.98 Å². The molecular weight excluding hydrogens is 350 g/mol. The van der Waals surface area contributed by atoms with Crippen molar-refractivity contribution in [2.45, 2.75) is 52.0 Å². The minimum absolute atomic E-state index is 0.0178. The number of terminal acetylenes is 1. The number of aliphatic hydroxyl groups excluding tert-OH is 1. The maximum absolute atomic E-state index is 12.6. The van der Waals surface area contributed by atoms with Gasteiger partial charge in [-0.1, -0.05) is 33.6 Å². The number of fused-ring (bicyclic) bond motifs is 1. The zero-order valence-electron chi connectivity index (χ0n) is 15.7. The molecule has 2 aromatic rings. The lowest BCUT2D eigenvalue weighted by atomic mass is 9.85. The normalized spacial score (nSPS) is 27.8. The molecule has 3 N–H and O–H groups in total. The molecule has 1 saturated heterocycles. The van der Waals surface area contributed by atoms with E-state index >= 15 is 0 Å². The van der Waals surface area contributed by atoms with Crippen LogP contribution in [0.3, 0.4) is 0 Å². The molecule has 0 bridgehead atoms. The molecule has 1 unspecified atom stereocenters. The fraction of sp³-hybridized carbons (Fsp3) is 0.556. The quantitative estimate of drug-likeness (QED) is 0.688. The molecule has 1 aliphatic heterocycles. The van der Waals surface area contributed by atoms with Crippen LogP contribution in [-0.4, -0.2) is 42.2 Å². The van der Waals surface area contributed by atoms with Crippen LogP contribution in [0.25, 0.3) is 11.2 Å². The second-order valence-electron chi connectivity index (χ2n) is 7.06. The molecule has 0 radical (unpaired) electrons. The number of nitrogens with one attached hydrogen (secondary N) is 2. The Hall–Kier alpha value is -2.70. The monoisotopic (exact) mass is 373 g/mol. The van der Waals surface area contributed by atoms with Crippen LogP contribution in [-0.2, 0) is 9.53 Å². The maximum Gasteiger partial charge on any atom is 0.278 e. The lowest BCUT2D eigenvalue weighted by molar-refractivity contribution is -0.118. The van der Waals surface area contributed by atoms with Crippen molar-refractivity contribution in [3.8, 4) is 12.3 Å². The molecule has 1 aliphatic rings. The molecule has 0 spiro atoms. The Morgan fingerprint density at radius 2 is 2.30 bits per heavy atom. The highest BCUT2D eigenvalue weighted by Crippen LogP contribution is 2.43. The molecule has 1 fully saturated rings. The Kier molecular flexibility index (Phi) is 4.80. The van der Waals surface area contributed by atoms with E-state index < -0.39 is 23.5 Å². The van der Waals surface area contributed by atoms with Crippen molar-refractivity contribution in [3.05, 3.63) is 16.7 Å². The molecular formula is C18H23N5O4. The smallest absolute Gasteiger partial charge is 0.278 e. The predicted octanol–water partition coefficient (Wildman–Crippen LogP) is 1.02. The van der Waals surface area contributed by atoms with Crippen molar-refractivity contribution in [3.63, 3.8) is 0 Å². The van der Waals surface area contributed by atoms with Gasteiger partial charge in [-0.15, -0.1) is 6.42 Å². The van der Waals surface area contributed by atoms with E-state index in [2.05, 4.69) is 26.2 Å². The average molecular weight is 373 g/mol. The Morgan fingerprint density at radius 1 is 1.59 bits per heavy atom. The van der Waals surface area contributed by atoms with Crippen LogP contribution in [0, 0.1) is 24.2 Å². The van der Waals surface area contributed by atoms with Crippen LogP contribution < -0.4 is 10.9 Å². The second-order valence-corrected chi connectivity index (χ2v) is 7.06. The first kappa shape index (κ1) is 19.1. The number of carbonyl (C=O) groups is 1. The number of aromatic amines is 1. The number of aromatic nitrogens is 4. The highest BCUT2D eigenvalue weighted by Gasteiger charge is 2.51. The van der Waals surface area contributed by atoms with Crippen LogP contribution in [0.5, 0.6) is 0 Å². The maximum atomic E-state index is 12.6. The fourth-order valence-electron chi connectivity index (χ4n) is 3.28. The average Bonchev–Trinajstić information content (AvgIpc) is 3.16. The van der Waals surface area contributed by atoms with Crippen molar-refractivity contribution >= 4 is 23.0 Å². The number of rotatable bonds is 4. The van der Waals surface area contributed by atoms with Gasteiger partial charge in [0.15, 0.2) is 17.4 Å². The van der Waals surface area contributed by atoms with E-state index in [1.807, 2.05) is 13.8 Å². The van der Waals surface area contributed by atoms with Gasteiger partial charge in [0.05, 0.1) is 0 Å². The van der Waals surface area contributed by atoms with Gasteiger partial charge >= 0.3 is 0 Å². The lowest BCUT2D eigenvalue weighted by Gasteiger charge is -2.25. The Morgan fingerprint density at radius 3 is 2.85 bits per heavy atom. The first-order chi connectivity index (χ1) is 12.7. The highest BCUT2D eigenvalue weighted by molar-refractivity contribution is 5.91. The minimum atomic E-state index is -0.925. The SMILES string of the molecule is C#C[C@]1(CC)O[C@@H](n2cnc3nc(NC(=O)C(C)C)[nH]c(=O)c32)[C@@H](O)C1C. The van der Waals surface area contributed by atoms with E-state index in [9.17, 15) is 14.7 Å². The molecule has 0 aromatic carbocycles. The predicted molar refractivity (Wildman–Crippen MR) is 98.8 cm³/mol. The molecule has 9 heteroatoms. The second kappa shape index (κ2) is 6.79. The zero-order chi connectivity index (χ0) is 19.9. The third-order valence-corrected chi connectivity index (χ3v) is 5.12. The summed E-state index contributed by atoms with van der Waals surface area (Å²) in [6, 6.07) is 0. The lowest BCUT2D eigenvalue weighted by Crippen LogP contribution is -2.34. The van der Waals surface area contributed by atoms with Crippen molar-refractivity contribution in [2.24, 2.45) is 11.8 Å². The number of nitrogens with zero attached hydrogens (tertiary/aromatic N) is 3. The summed E-state index contributed by atoms with van der Waals surface area (Å²) >= 11 is 0. The Labute approximate surface area is 156 Å². The molecule has 27 heavy (non-hydrogen) atoms. The molecule has 1 amide bonds. The van der Waals surface area contributed by atoms with E-state index in [4.69, 9.17) is 11.2 Å². The van der Waals surface area contributed by atoms with Crippen molar-refractivity contribution in [2.75, 3.05) is 5.32 Å². The summed E-state index contributed by atoms with van der Waals surface area (Å²) in [5.41, 5.74) is -1.16. The Balaban J connectivity index is 2.02. The first-order valence-corrected chi connectivity index (χ1v) is 8.85. The highest BCUT2D eigenvalue weighted by atomic mass is 16.5. The minimum Gasteiger partial charge on any atom is -0.388 e. The van der Waals surface area contributed by atoms with E-state index in [1.54, 1.807) is 13.8 Å². The summed E-state index contributed by atoms with van der Waals surface area (Å²) in [7, 11) is 0. The molecule has 9 nitrogen and oxygen atoms in total. The number of amides is 1. The van der Waals surface area contributed by atoms with E-state index in [-0.39, 0.29) is 34.9 Å². The molecule has 0 saturated carbocycles. The zero-order valence-corrected chi connectivity index (χ0v) is 15.7. The first-order valence-electron chi connectivity index (χ1n) is 8.85. The van der Waals surface area contributed by atoms with Gasteiger partial charge in [0.1, 0.15) is 18.0 Å². The molecule has 2 aromatic heterocycles. The third kappa shape index (κ3) is 3.01. The topological polar surface area (TPSA) is 122 Å². The summed E-state index contributed by atoms with van der Waals surface area (Å²) in [4.78, 5) is 35.2. The number of hydrogen-bond acceptors (Lipinski definition) is 6. The summed E-state index contributed by atoms with van der Waals surface area (Å²) in [6.07, 6.45) is 5.77. The van der Waals surface area contributed by atoms with Gasteiger partial charge in [-0.2, -0.15) is 4.98 Å². The van der Waals surface area contributed by atoms with Crippen molar-refractivity contribution in [1.29, 1.82) is 0 Å². The standard InChI is InChI=1S/C18H23N5O4/c1-6-18(7-2)10(5)12(24)16(27-18)23-8-19-13-11(23)15(26)22-17(20-13)21-14(25)9(3)4/h1,8-10,12,16,24H,7H2,2-5H3,(H2,20,21,22,25,26)/t10?,12-,16+,18+/m0/s1. The molecule has 3 heterocycles. The molecule has 0 aliphatic carbocycles. The van der Waals surface area contributed by atoms with Gasteiger partial charge in [0.2, 0.25) is 11.9 Å². The Bertz CT molecular complexity index is 972. The molecule has 144 valence electrons. The summed E-state index contributed by atoms with van der Waals surface area (Å²) < 4.78 is 7.43. The molecule has 4 atom stereocenters. The van der Waals surface area contributed by atoms with Gasteiger partial charge in [0.25, 0.3) is 5.56 Å². The third-order valence-electron chi connectivity index (χ3n) is 5.12. The fourth-order valence-corrected chi connectivity index (χ4v) is 3.28.